The number of carbonyl (C=O) groups is 1. The van der Waals surface area contributed by atoms with Gasteiger partial charge in [-0.05, 0) is 50.7 Å². The van der Waals surface area contributed by atoms with Gasteiger partial charge in [-0.15, -0.1) is 0 Å². The van der Waals surface area contributed by atoms with Crippen molar-refractivity contribution in [1.29, 1.82) is 0 Å². The lowest BCUT2D eigenvalue weighted by molar-refractivity contribution is -0.122. The van der Waals surface area contributed by atoms with Crippen LogP contribution in [0.2, 0.25) is 15.1 Å². The lowest BCUT2D eigenvalue weighted by atomic mass is 9.85. The number of fused-ring (bicyclic) bond motifs is 1. The highest BCUT2D eigenvalue weighted by Crippen LogP contribution is 2.40. The Morgan fingerprint density at radius 3 is 2.41 bits per heavy atom. The average Bonchev–Trinajstić information content (AvgIpc) is 3.23. The van der Waals surface area contributed by atoms with E-state index in [1.165, 1.54) is 10.6 Å². The molecule has 1 aliphatic carbocycles. The number of primary amides is 1. The van der Waals surface area contributed by atoms with Crippen LogP contribution in [-0.4, -0.2) is 63.5 Å². The molecular formula is C24H29Cl3N8O3S. The number of anilines is 3. The predicted molar refractivity (Wildman–Crippen MR) is 153 cm³/mol. The second kappa shape index (κ2) is 11.2. The predicted octanol–water partition coefficient (Wildman–Crippen LogP) is 4.58. The molecule has 4 N–H and O–H groups in total. The maximum Gasteiger partial charge on any atom is 0.225 e. The molecule has 1 saturated carbocycles. The van der Waals surface area contributed by atoms with Crippen LogP contribution in [-0.2, 0) is 14.8 Å². The molecule has 0 unspecified atom stereocenters. The zero-order chi connectivity index (χ0) is 27.9. The Morgan fingerprint density at radius 1 is 1.08 bits per heavy atom. The van der Waals surface area contributed by atoms with Crippen molar-refractivity contribution in [3.63, 3.8) is 0 Å². The zero-order valence-electron chi connectivity index (χ0n) is 21.2. The molecule has 1 atom stereocenters. The van der Waals surface area contributed by atoms with E-state index in [9.17, 15) is 13.2 Å². The Morgan fingerprint density at radius 2 is 1.77 bits per heavy atom. The first-order valence-corrected chi connectivity index (χ1v) is 15.7. The number of carbonyl (C=O) groups excluding carboxylic acids is 1. The van der Waals surface area contributed by atoms with Crippen LogP contribution in [0.5, 0.6) is 0 Å². The van der Waals surface area contributed by atoms with Gasteiger partial charge in [0.05, 0.1) is 28.2 Å². The molecule has 0 bridgehead atoms. The van der Waals surface area contributed by atoms with E-state index in [1.807, 2.05) is 4.57 Å². The van der Waals surface area contributed by atoms with Crippen molar-refractivity contribution in [3.05, 3.63) is 33.4 Å². The standard InChI is InChI=1S/C24H29Cl3N8O3S/c1-39(37,38)34-8-2-3-15(12-34)30-23-29-11-19-22(33-23)35(16-6-4-13(5-7-16)21(28)36)24(31-19)32-20-17(26)9-14(25)10-18(20)27/h9-11,13,15-16H,2-8,12H2,1H3,(H2,28,36)(H,31,32)(H,29,30,33)/t13?,15-,16?/m1/s1. The number of halogens is 3. The highest BCUT2D eigenvalue weighted by Gasteiger charge is 2.30. The van der Waals surface area contributed by atoms with Crippen LogP contribution < -0.4 is 16.4 Å². The van der Waals surface area contributed by atoms with E-state index < -0.39 is 10.0 Å². The molecule has 1 amide bonds. The molecule has 1 saturated heterocycles. The fraction of sp³-hybridized carbons (Fsp3) is 0.500. The molecular weight excluding hydrogens is 587 g/mol. The van der Waals surface area contributed by atoms with E-state index >= 15 is 0 Å². The summed E-state index contributed by atoms with van der Waals surface area (Å²) in [6.07, 6.45) is 7.10. The van der Waals surface area contributed by atoms with E-state index in [4.69, 9.17) is 50.5 Å². The zero-order valence-corrected chi connectivity index (χ0v) is 24.3. The van der Waals surface area contributed by atoms with Gasteiger partial charge in [-0.3, -0.25) is 9.36 Å². The Kier molecular flexibility index (Phi) is 8.12. The van der Waals surface area contributed by atoms with Crippen LogP contribution in [0.25, 0.3) is 11.2 Å². The van der Waals surface area contributed by atoms with Crippen LogP contribution in [0.3, 0.4) is 0 Å². The van der Waals surface area contributed by atoms with E-state index in [-0.39, 0.29) is 23.9 Å². The van der Waals surface area contributed by atoms with Crippen LogP contribution in [0.4, 0.5) is 17.6 Å². The third-order valence-electron chi connectivity index (χ3n) is 7.33. The number of hydrogen-bond donors (Lipinski definition) is 3. The molecule has 3 aromatic rings. The molecule has 3 heterocycles. The third-order valence-corrected chi connectivity index (χ3v) is 9.41. The molecule has 0 radical (unpaired) electrons. The van der Waals surface area contributed by atoms with Gasteiger partial charge in [-0.2, -0.15) is 4.98 Å². The van der Waals surface area contributed by atoms with Crippen molar-refractivity contribution < 1.29 is 13.2 Å². The van der Waals surface area contributed by atoms with Crippen molar-refractivity contribution in [2.24, 2.45) is 11.7 Å². The molecule has 0 spiro atoms. The molecule has 15 heteroatoms. The summed E-state index contributed by atoms with van der Waals surface area (Å²) in [6.45, 7) is 0.847. The monoisotopic (exact) mass is 614 g/mol. The highest BCUT2D eigenvalue weighted by atomic mass is 35.5. The number of aromatic nitrogens is 4. The summed E-state index contributed by atoms with van der Waals surface area (Å²) in [4.78, 5) is 25.8. The highest BCUT2D eigenvalue weighted by molar-refractivity contribution is 7.88. The molecule has 39 heavy (non-hydrogen) atoms. The second-order valence-electron chi connectivity index (χ2n) is 10.1. The van der Waals surface area contributed by atoms with E-state index in [0.29, 0.717) is 82.6 Å². The van der Waals surface area contributed by atoms with Crippen molar-refractivity contribution >= 4 is 79.5 Å². The first-order chi connectivity index (χ1) is 18.5. The number of imidazole rings is 1. The molecule has 2 fully saturated rings. The summed E-state index contributed by atoms with van der Waals surface area (Å²) >= 11 is 19.0. The molecule has 11 nitrogen and oxygen atoms in total. The number of benzene rings is 1. The van der Waals surface area contributed by atoms with Crippen molar-refractivity contribution in [2.75, 3.05) is 30.0 Å². The Labute approximate surface area is 241 Å². The summed E-state index contributed by atoms with van der Waals surface area (Å²) in [5, 5.41) is 7.64. The normalized spacial score (nSPS) is 22.6. The number of amides is 1. The van der Waals surface area contributed by atoms with E-state index in [2.05, 4.69) is 15.6 Å². The first-order valence-electron chi connectivity index (χ1n) is 12.7. The van der Waals surface area contributed by atoms with Gasteiger partial charge < -0.3 is 16.4 Å². The fourth-order valence-electron chi connectivity index (χ4n) is 5.33. The minimum atomic E-state index is -3.29. The molecule has 2 aromatic heterocycles. The van der Waals surface area contributed by atoms with Crippen LogP contribution >= 0.6 is 34.8 Å². The maximum absolute atomic E-state index is 12.1. The summed E-state index contributed by atoms with van der Waals surface area (Å²) in [7, 11) is -3.29. The van der Waals surface area contributed by atoms with Crippen LogP contribution in [0, 0.1) is 5.92 Å². The average molecular weight is 616 g/mol. The summed E-state index contributed by atoms with van der Waals surface area (Å²) in [5.74, 6) is 0.407. The number of sulfonamides is 1. The number of nitrogens with zero attached hydrogens (tertiary/aromatic N) is 5. The van der Waals surface area contributed by atoms with Gasteiger partial charge in [0.15, 0.2) is 5.65 Å². The topological polar surface area (TPSA) is 148 Å². The number of piperidine rings is 1. The van der Waals surface area contributed by atoms with Gasteiger partial charge in [-0.25, -0.2) is 22.7 Å². The van der Waals surface area contributed by atoms with Crippen LogP contribution in [0.15, 0.2) is 18.3 Å². The number of nitrogens with two attached hydrogens (primary N) is 1. The Hall–Kier alpha value is -2.38. The quantitative estimate of drug-likeness (QED) is 0.350. The van der Waals surface area contributed by atoms with Gasteiger partial charge in [0.25, 0.3) is 0 Å². The smallest absolute Gasteiger partial charge is 0.225 e. The molecule has 1 aliphatic heterocycles. The lowest BCUT2D eigenvalue weighted by Gasteiger charge is -2.31. The minimum Gasteiger partial charge on any atom is -0.369 e. The van der Waals surface area contributed by atoms with Gasteiger partial charge >= 0.3 is 0 Å². The molecule has 2 aliphatic rings. The maximum atomic E-state index is 12.1. The minimum absolute atomic E-state index is 0.0175. The van der Waals surface area contributed by atoms with Gasteiger partial charge in [-0.1, -0.05) is 34.8 Å². The molecule has 1 aromatic carbocycles. The first kappa shape index (κ1) is 28.2. The number of hydrogen-bond acceptors (Lipinski definition) is 8. The molecule has 5 rings (SSSR count). The lowest BCUT2D eigenvalue weighted by Crippen LogP contribution is -2.44. The molecule has 210 valence electrons. The second-order valence-corrected chi connectivity index (χ2v) is 13.3. The van der Waals surface area contributed by atoms with E-state index in [1.54, 1.807) is 18.3 Å². The summed E-state index contributed by atoms with van der Waals surface area (Å²) in [5.41, 5.74) is 7.17. The number of nitrogens with one attached hydrogen (secondary N) is 2. The third kappa shape index (κ3) is 6.19. The van der Waals surface area contributed by atoms with Gasteiger partial charge in [0, 0.05) is 36.1 Å². The van der Waals surface area contributed by atoms with E-state index in [0.717, 1.165) is 12.8 Å². The summed E-state index contributed by atoms with van der Waals surface area (Å²) in [6, 6.07) is 3.04. The number of rotatable bonds is 7. The van der Waals surface area contributed by atoms with Crippen LogP contribution in [0.1, 0.15) is 44.6 Å². The SMILES string of the molecule is CS(=O)(=O)N1CCC[C@@H](Nc2ncc3nc(Nc4c(Cl)cc(Cl)cc4Cl)n(C4CCC(C(N)=O)CC4)c3n2)C1. The van der Waals surface area contributed by atoms with Gasteiger partial charge in [0.2, 0.25) is 27.8 Å². The van der Waals surface area contributed by atoms with Crippen molar-refractivity contribution in [1.82, 2.24) is 23.8 Å². The fourth-order valence-corrected chi connectivity index (χ4v) is 7.15. The van der Waals surface area contributed by atoms with Gasteiger partial charge in [0.1, 0.15) is 5.52 Å². The Bertz CT molecular complexity index is 1480. The van der Waals surface area contributed by atoms with Crippen molar-refractivity contribution in [3.8, 4) is 0 Å². The van der Waals surface area contributed by atoms with Crippen molar-refractivity contribution in [2.45, 2.75) is 50.6 Å². The summed E-state index contributed by atoms with van der Waals surface area (Å²) < 4.78 is 27.6. The largest absolute Gasteiger partial charge is 0.369 e. The Balaban J connectivity index is 1.50.